The van der Waals surface area contributed by atoms with Gasteiger partial charge in [0.1, 0.15) is 5.60 Å². The van der Waals surface area contributed by atoms with E-state index in [4.69, 9.17) is 14.2 Å². The smallest absolute Gasteiger partial charge is 0.410 e. The number of carbonyl (C=O) groups is 4. The maximum absolute atomic E-state index is 13.0. The second-order valence-corrected chi connectivity index (χ2v) is 12.6. The number of carboxylic acid groups (broad SMARTS) is 1. The number of nitrogens with zero attached hydrogens (tertiary/aromatic N) is 2. The predicted octanol–water partition coefficient (Wildman–Crippen LogP) is 4.12. The van der Waals surface area contributed by atoms with Gasteiger partial charge in [0.25, 0.3) is 0 Å². The lowest BCUT2D eigenvalue weighted by Crippen LogP contribution is -2.46. The van der Waals surface area contributed by atoms with E-state index >= 15 is 0 Å². The number of carbonyl (C=O) groups excluding carboxylic acids is 3. The summed E-state index contributed by atoms with van der Waals surface area (Å²) in [6.45, 7) is 7.84. The van der Waals surface area contributed by atoms with Crippen LogP contribution in [0, 0.1) is 17.8 Å². The third-order valence-electron chi connectivity index (χ3n) is 8.28. The number of benzene rings is 1. The van der Waals surface area contributed by atoms with Gasteiger partial charge in [0.2, 0.25) is 11.8 Å². The van der Waals surface area contributed by atoms with Gasteiger partial charge in [0.05, 0.1) is 26.1 Å². The SMILES string of the molecule is COc1ccc(CC[C@H](CNC(=O)[C@@H]2CCCN(C(=O)CCC3CCN(C(=O)OC(C)(C)C)CC3)C2)C(=O)O)cc1OC. The molecule has 0 radical (unpaired) electrons. The Hall–Kier alpha value is -3.50. The molecule has 2 N–H and O–H groups in total. The number of hydrogen-bond acceptors (Lipinski definition) is 7. The van der Waals surface area contributed by atoms with Crippen LogP contribution in [0.15, 0.2) is 18.2 Å². The van der Waals surface area contributed by atoms with Crippen molar-refractivity contribution in [2.24, 2.45) is 17.8 Å². The van der Waals surface area contributed by atoms with Crippen molar-refractivity contribution < 1.29 is 38.5 Å². The fraction of sp³-hybridized carbons (Fsp3) is 0.688. The molecule has 0 bridgehead atoms. The van der Waals surface area contributed by atoms with E-state index in [2.05, 4.69) is 5.32 Å². The van der Waals surface area contributed by atoms with Crippen LogP contribution < -0.4 is 14.8 Å². The Kier molecular flexibility index (Phi) is 12.5. The molecule has 3 rings (SSSR count). The third kappa shape index (κ3) is 10.6. The van der Waals surface area contributed by atoms with Gasteiger partial charge in [0.15, 0.2) is 11.5 Å². The summed E-state index contributed by atoms with van der Waals surface area (Å²) in [7, 11) is 3.11. The lowest BCUT2D eigenvalue weighted by atomic mass is 9.91. The molecule has 43 heavy (non-hydrogen) atoms. The van der Waals surface area contributed by atoms with Crippen molar-refractivity contribution in [2.75, 3.05) is 46.9 Å². The zero-order valence-electron chi connectivity index (χ0n) is 26.4. The quantitative estimate of drug-likeness (QED) is 0.364. The fourth-order valence-corrected chi connectivity index (χ4v) is 5.69. The van der Waals surface area contributed by atoms with Gasteiger partial charge >= 0.3 is 12.1 Å². The molecule has 2 aliphatic heterocycles. The van der Waals surface area contributed by atoms with Crippen LogP contribution in [0.4, 0.5) is 4.79 Å². The number of aliphatic carboxylic acids is 1. The number of rotatable bonds is 12. The highest BCUT2D eigenvalue weighted by atomic mass is 16.6. The fourth-order valence-electron chi connectivity index (χ4n) is 5.69. The minimum atomic E-state index is -0.960. The van der Waals surface area contributed by atoms with Crippen LogP contribution in [-0.4, -0.2) is 91.3 Å². The van der Waals surface area contributed by atoms with E-state index in [1.165, 1.54) is 0 Å². The van der Waals surface area contributed by atoms with Gasteiger partial charge in [-0.1, -0.05) is 6.07 Å². The van der Waals surface area contributed by atoms with E-state index in [-0.39, 0.29) is 30.4 Å². The number of piperidine rings is 2. The standard InChI is InChI=1S/C32H49N3O8/c1-32(2,3)43-31(40)34-17-14-22(15-18-34)10-13-28(36)35-16-6-7-25(21-35)29(37)33-20-24(30(38)39)11-8-23-9-12-26(41-4)27(19-23)42-5/h9,12,19,22,24-25H,6-8,10-11,13-18,20-21H2,1-5H3,(H,33,37)(H,38,39)/t24-,25-/m1/s1. The molecule has 0 spiro atoms. The predicted molar refractivity (Wildman–Crippen MR) is 161 cm³/mol. The van der Waals surface area contributed by atoms with E-state index in [1.54, 1.807) is 30.1 Å². The van der Waals surface area contributed by atoms with Crippen molar-refractivity contribution in [3.05, 3.63) is 23.8 Å². The Labute approximate surface area is 255 Å². The van der Waals surface area contributed by atoms with E-state index in [9.17, 15) is 24.3 Å². The molecule has 2 fully saturated rings. The molecule has 1 aromatic carbocycles. The van der Waals surface area contributed by atoms with Gasteiger partial charge < -0.3 is 34.4 Å². The Morgan fingerprint density at radius 3 is 2.33 bits per heavy atom. The summed E-state index contributed by atoms with van der Waals surface area (Å²) in [5.74, 6) is -0.643. The van der Waals surface area contributed by atoms with Crippen molar-refractivity contribution in [3.63, 3.8) is 0 Å². The lowest BCUT2D eigenvalue weighted by Gasteiger charge is -2.34. The Morgan fingerprint density at radius 1 is 1.00 bits per heavy atom. The normalized spacial score (nSPS) is 18.5. The Morgan fingerprint density at radius 2 is 1.70 bits per heavy atom. The molecular formula is C32H49N3O8. The molecular weight excluding hydrogens is 554 g/mol. The zero-order valence-corrected chi connectivity index (χ0v) is 26.4. The molecule has 2 aliphatic rings. The molecule has 11 heteroatoms. The second-order valence-electron chi connectivity index (χ2n) is 12.6. The summed E-state index contributed by atoms with van der Waals surface area (Å²) < 4.78 is 16.1. The van der Waals surface area contributed by atoms with Crippen LogP contribution in [-0.2, 0) is 25.5 Å². The van der Waals surface area contributed by atoms with Crippen LogP contribution in [0.5, 0.6) is 11.5 Å². The van der Waals surface area contributed by atoms with Crippen LogP contribution in [0.3, 0.4) is 0 Å². The largest absolute Gasteiger partial charge is 0.493 e. The first-order valence-corrected chi connectivity index (χ1v) is 15.4. The van der Waals surface area contributed by atoms with Crippen LogP contribution in [0.1, 0.15) is 71.3 Å². The first-order valence-electron chi connectivity index (χ1n) is 15.4. The van der Waals surface area contributed by atoms with Crippen LogP contribution in [0.25, 0.3) is 0 Å². The van der Waals surface area contributed by atoms with E-state index in [0.717, 1.165) is 31.2 Å². The van der Waals surface area contributed by atoms with Crippen molar-refractivity contribution in [2.45, 2.75) is 77.7 Å². The number of ether oxygens (including phenoxy) is 3. The highest BCUT2D eigenvalue weighted by Gasteiger charge is 2.31. The molecule has 0 aliphatic carbocycles. The third-order valence-corrected chi connectivity index (χ3v) is 8.28. The van der Waals surface area contributed by atoms with E-state index in [1.807, 2.05) is 32.9 Å². The van der Waals surface area contributed by atoms with Crippen molar-refractivity contribution >= 4 is 23.9 Å². The van der Waals surface area contributed by atoms with Gasteiger partial charge in [-0.15, -0.1) is 0 Å². The summed E-state index contributed by atoms with van der Waals surface area (Å²) >= 11 is 0. The van der Waals surface area contributed by atoms with Crippen molar-refractivity contribution in [1.82, 2.24) is 15.1 Å². The van der Waals surface area contributed by atoms with Gasteiger partial charge in [-0.2, -0.15) is 0 Å². The molecule has 2 saturated heterocycles. The topological polar surface area (TPSA) is 135 Å². The van der Waals surface area contributed by atoms with Gasteiger partial charge in [-0.25, -0.2) is 4.79 Å². The summed E-state index contributed by atoms with van der Waals surface area (Å²) in [6.07, 6.45) is 4.85. The van der Waals surface area contributed by atoms with Crippen LogP contribution >= 0.6 is 0 Å². The molecule has 11 nitrogen and oxygen atoms in total. The molecule has 0 aromatic heterocycles. The molecule has 1 aromatic rings. The number of carboxylic acids is 1. The summed E-state index contributed by atoms with van der Waals surface area (Å²) in [5.41, 5.74) is 0.402. The van der Waals surface area contributed by atoms with Gasteiger partial charge in [0, 0.05) is 39.1 Å². The number of likely N-dealkylation sites (tertiary alicyclic amines) is 2. The monoisotopic (exact) mass is 603 g/mol. The zero-order chi connectivity index (χ0) is 31.6. The van der Waals surface area contributed by atoms with Gasteiger partial charge in [-0.3, -0.25) is 14.4 Å². The number of amides is 3. The Balaban J connectivity index is 1.41. The molecule has 2 atom stereocenters. The highest BCUT2D eigenvalue weighted by Crippen LogP contribution is 2.29. The first kappa shape index (κ1) is 34.0. The number of methoxy groups -OCH3 is 2. The van der Waals surface area contributed by atoms with Crippen molar-refractivity contribution in [3.8, 4) is 11.5 Å². The second kappa shape index (κ2) is 15.8. The average Bonchev–Trinajstić information content (AvgIpc) is 2.98. The maximum Gasteiger partial charge on any atom is 0.410 e. The summed E-state index contributed by atoms with van der Waals surface area (Å²) in [5, 5.41) is 12.6. The maximum atomic E-state index is 13.0. The van der Waals surface area contributed by atoms with E-state index < -0.39 is 17.5 Å². The summed E-state index contributed by atoms with van der Waals surface area (Å²) in [6, 6.07) is 5.49. The van der Waals surface area contributed by atoms with Crippen molar-refractivity contribution in [1.29, 1.82) is 0 Å². The average molecular weight is 604 g/mol. The Bertz CT molecular complexity index is 1110. The molecule has 0 saturated carbocycles. The number of hydrogen-bond donors (Lipinski definition) is 2. The minimum absolute atomic E-state index is 0.0356. The van der Waals surface area contributed by atoms with Gasteiger partial charge in [-0.05, 0) is 89.3 Å². The number of nitrogens with one attached hydrogen (secondary N) is 1. The summed E-state index contributed by atoms with van der Waals surface area (Å²) in [4.78, 5) is 53.7. The minimum Gasteiger partial charge on any atom is -0.493 e. The molecule has 3 amide bonds. The van der Waals surface area contributed by atoms with Crippen LogP contribution in [0.2, 0.25) is 0 Å². The first-order chi connectivity index (χ1) is 20.4. The number of aryl methyl sites for hydroxylation is 1. The van der Waals surface area contributed by atoms with E-state index in [0.29, 0.717) is 69.3 Å². The molecule has 2 heterocycles. The molecule has 0 unspecified atom stereocenters. The molecule has 240 valence electrons. The highest BCUT2D eigenvalue weighted by molar-refractivity contribution is 5.82. The lowest BCUT2D eigenvalue weighted by molar-refractivity contribution is -0.142.